The van der Waals surface area contributed by atoms with E-state index in [0.717, 1.165) is 11.1 Å². The second-order valence-corrected chi connectivity index (χ2v) is 2.82. The molecule has 0 radical (unpaired) electrons. The van der Waals surface area contributed by atoms with Crippen molar-refractivity contribution in [2.24, 2.45) is 11.6 Å². The summed E-state index contributed by atoms with van der Waals surface area (Å²) in [6.45, 7) is 2.21. The summed E-state index contributed by atoms with van der Waals surface area (Å²) in [6.07, 6.45) is 0. The Hall–Kier alpha value is -1.39. The van der Waals surface area contributed by atoms with Gasteiger partial charge in [-0.25, -0.2) is 5.90 Å². The van der Waals surface area contributed by atoms with Crippen LogP contribution in [0.1, 0.15) is 21.5 Å². The van der Waals surface area contributed by atoms with Gasteiger partial charge >= 0.3 is 0 Å². The molecule has 4 N–H and O–H groups in total. The molecule has 0 aromatic heterocycles. The second kappa shape index (κ2) is 4.02. The van der Waals surface area contributed by atoms with Crippen LogP contribution in [0.15, 0.2) is 18.2 Å². The Morgan fingerprint density at radius 3 is 2.69 bits per heavy atom. The smallest absolute Gasteiger partial charge is 0.248 e. The van der Waals surface area contributed by atoms with E-state index in [2.05, 4.69) is 4.84 Å². The molecule has 0 saturated carbocycles. The molecule has 0 unspecified atom stereocenters. The number of aryl methyl sites for hydroxylation is 1. The second-order valence-electron chi connectivity index (χ2n) is 2.82. The summed E-state index contributed by atoms with van der Waals surface area (Å²) < 4.78 is 0. The van der Waals surface area contributed by atoms with E-state index in [1.807, 2.05) is 6.92 Å². The maximum absolute atomic E-state index is 10.8. The highest BCUT2D eigenvalue weighted by molar-refractivity contribution is 5.93. The predicted octanol–water partition coefficient (Wildman–Crippen LogP) is 0.484. The Morgan fingerprint density at radius 2 is 2.23 bits per heavy atom. The van der Waals surface area contributed by atoms with Crippen LogP contribution in [0.25, 0.3) is 0 Å². The molecule has 4 nitrogen and oxygen atoms in total. The lowest BCUT2D eigenvalue weighted by atomic mass is 10.1. The van der Waals surface area contributed by atoms with E-state index in [0.29, 0.717) is 12.2 Å². The van der Waals surface area contributed by atoms with Crippen LogP contribution in [0.4, 0.5) is 0 Å². The molecule has 0 aliphatic rings. The van der Waals surface area contributed by atoms with Gasteiger partial charge in [0.05, 0.1) is 6.61 Å². The number of carbonyl (C=O) groups excluding carboxylic acids is 1. The van der Waals surface area contributed by atoms with Gasteiger partial charge in [0.1, 0.15) is 0 Å². The van der Waals surface area contributed by atoms with Gasteiger partial charge in [0.25, 0.3) is 0 Å². The summed E-state index contributed by atoms with van der Waals surface area (Å²) >= 11 is 0. The van der Waals surface area contributed by atoms with Crippen molar-refractivity contribution >= 4 is 5.91 Å². The zero-order chi connectivity index (χ0) is 9.84. The van der Waals surface area contributed by atoms with E-state index in [1.165, 1.54) is 0 Å². The molecule has 1 amide bonds. The van der Waals surface area contributed by atoms with Crippen LogP contribution >= 0.6 is 0 Å². The van der Waals surface area contributed by atoms with Crippen molar-refractivity contribution in [3.63, 3.8) is 0 Å². The number of hydrogen-bond donors (Lipinski definition) is 2. The Labute approximate surface area is 76.4 Å². The van der Waals surface area contributed by atoms with Gasteiger partial charge in [0, 0.05) is 5.56 Å². The van der Waals surface area contributed by atoms with Crippen molar-refractivity contribution in [3.8, 4) is 0 Å². The van der Waals surface area contributed by atoms with Crippen LogP contribution < -0.4 is 11.6 Å². The monoisotopic (exact) mass is 180 g/mol. The van der Waals surface area contributed by atoms with E-state index in [-0.39, 0.29) is 0 Å². The summed E-state index contributed by atoms with van der Waals surface area (Å²) in [5.41, 5.74) is 7.51. The van der Waals surface area contributed by atoms with E-state index in [9.17, 15) is 4.79 Å². The average molecular weight is 180 g/mol. The molecule has 4 heteroatoms. The Kier molecular flexibility index (Phi) is 3.00. The quantitative estimate of drug-likeness (QED) is 0.664. The van der Waals surface area contributed by atoms with Gasteiger partial charge in [-0.3, -0.25) is 9.63 Å². The molecule has 0 bridgehead atoms. The first-order valence-electron chi connectivity index (χ1n) is 3.86. The third-order valence-corrected chi connectivity index (χ3v) is 1.87. The lowest BCUT2D eigenvalue weighted by Gasteiger charge is -2.04. The molecule has 0 heterocycles. The number of benzene rings is 1. The minimum atomic E-state index is -0.427. The molecule has 1 aromatic rings. The van der Waals surface area contributed by atoms with E-state index in [1.54, 1.807) is 18.2 Å². The van der Waals surface area contributed by atoms with Crippen molar-refractivity contribution in [1.29, 1.82) is 0 Å². The number of carbonyl (C=O) groups is 1. The van der Waals surface area contributed by atoms with Crippen molar-refractivity contribution in [2.45, 2.75) is 13.5 Å². The predicted molar refractivity (Wildman–Crippen MR) is 48.7 cm³/mol. The van der Waals surface area contributed by atoms with Crippen LogP contribution in [-0.2, 0) is 11.4 Å². The van der Waals surface area contributed by atoms with Crippen LogP contribution in [0, 0.1) is 6.92 Å². The average Bonchev–Trinajstić information content (AvgIpc) is 2.08. The van der Waals surface area contributed by atoms with Gasteiger partial charge in [-0.05, 0) is 30.2 Å². The highest BCUT2D eigenvalue weighted by Gasteiger charge is 2.03. The Balaban J connectivity index is 2.98. The van der Waals surface area contributed by atoms with Crippen LogP contribution in [0.2, 0.25) is 0 Å². The number of hydrogen-bond acceptors (Lipinski definition) is 3. The van der Waals surface area contributed by atoms with Gasteiger partial charge in [-0.2, -0.15) is 0 Å². The summed E-state index contributed by atoms with van der Waals surface area (Å²) in [7, 11) is 0. The Bertz CT molecular complexity index is 323. The summed E-state index contributed by atoms with van der Waals surface area (Å²) in [5, 5.41) is 0. The molecule has 0 spiro atoms. The van der Waals surface area contributed by atoms with Crippen LogP contribution in [0.3, 0.4) is 0 Å². The minimum absolute atomic E-state index is 0.338. The molecule has 1 rings (SSSR count). The van der Waals surface area contributed by atoms with Crippen molar-refractivity contribution in [3.05, 3.63) is 34.9 Å². The lowest BCUT2D eigenvalue weighted by Crippen LogP contribution is -2.11. The molecule has 0 saturated heterocycles. The maximum atomic E-state index is 10.8. The van der Waals surface area contributed by atoms with Gasteiger partial charge in [0.15, 0.2) is 0 Å². The molecule has 0 atom stereocenters. The highest BCUT2D eigenvalue weighted by Crippen LogP contribution is 2.11. The van der Waals surface area contributed by atoms with E-state index >= 15 is 0 Å². The fraction of sp³-hybridized carbons (Fsp3) is 0.222. The van der Waals surface area contributed by atoms with Crippen molar-refractivity contribution in [1.82, 2.24) is 0 Å². The highest BCUT2D eigenvalue weighted by atomic mass is 16.6. The summed E-state index contributed by atoms with van der Waals surface area (Å²) in [4.78, 5) is 15.3. The number of rotatable bonds is 3. The molecule has 0 aliphatic carbocycles. The third-order valence-electron chi connectivity index (χ3n) is 1.87. The normalized spacial score (nSPS) is 10.0. The fourth-order valence-electron chi connectivity index (χ4n) is 1.10. The van der Waals surface area contributed by atoms with Crippen molar-refractivity contribution in [2.75, 3.05) is 0 Å². The molecule has 13 heavy (non-hydrogen) atoms. The van der Waals surface area contributed by atoms with Gasteiger partial charge in [0.2, 0.25) is 5.91 Å². The van der Waals surface area contributed by atoms with E-state index in [4.69, 9.17) is 11.6 Å². The van der Waals surface area contributed by atoms with E-state index < -0.39 is 5.91 Å². The summed E-state index contributed by atoms with van der Waals surface area (Å²) in [6, 6.07) is 5.16. The first-order chi connectivity index (χ1) is 6.15. The topological polar surface area (TPSA) is 78.3 Å². The molecule has 0 fully saturated rings. The molecular weight excluding hydrogens is 168 g/mol. The first kappa shape index (κ1) is 9.70. The fourth-order valence-corrected chi connectivity index (χ4v) is 1.10. The zero-order valence-electron chi connectivity index (χ0n) is 7.41. The van der Waals surface area contributed by atoms with Gasteiger partial charge in [-0.1, -0.05) is 6.07 Å². The molecular formula is C9H12N2O2. The Morgan fingerprint density at radius 1 is 1.54 bits per heavy atom. The molecule has 70 valence electrons. The van der Waals surface area contributed by atoms with Gasteiger partial charge < -0.3 is 5.73 Å². The zero-order valence-corrected chi connectivity index (χ0v) is 7.41. The SMILES string of the molecule is Cc1cc(C(N)=O)ccc1CON. The lowest BCUT2D eigenvalue weighted by molar-refractivity contribution is 0.1000. The number of amides is 1. The maximum Gasteiger partial charge on any atom is 0.248 e. The third kappa shape index (κ3) is 2.27. The van der Waals surface area contributed by atoms with Gasteiger partial charge in [-0.15, -0.1) is 0 Å². The number of nitrogens with two attached hydrogens (primary N) is 2. The van der Waals surface area contributed by atoms with Crippen LogP contribution in [-0.4, -0.2) is 5.91 Å². The minimum Gasteiger partial charge on any atom is -0.366 e. The first-order valence-corrected chi connectivity index (χ1v) is 3.86. The molecule has 1 aromatic carbocycles. The van der Waals surface area contributed by atoms with Crippen LogP contribution in [0.5, 0.6) is 0 Å². The molecule has 0 aliphatic heterocycles. The standard InChI is InChI=1S/C9H12N2O2/c1-6-4-7(9(10)12)2-3-8(6)5-13-11/h2-4H,5,11H2,1H3,(H2,10,12). The number of primary amides is 1. The summed E-state index contributed by atoms with van der Waals surface area (Å²) in [5.74, 6) is 4.51. The van der Waals surface area contributed by atoms with Crippen molar-refractivity contribution < 1.29 is 9.63 Å². The largest absolute Gasteiger partial charge is 0.366 e.